The van der Waals surface area contributed by atoms with E-state index in [1.807, 2.05) is 30.3 Å². The number of nitrogens with zero attached hydrogens (tertiary/aromatic N) is 3. The first-order valence-corrected chi connectivity index (χ1v) is 12.8. The highest BCUT2D eigenvalue weighted by atomic mass is 19.4. The molecular weight excluding hydrogens is 498 g/mol. The minimum absolute atomic E-state index is 0.0427. The van der Waals surface area contributed by atoms with E-state index in [-0.39, 0.29) is 18.5 Å². The number of rotatable bonds is 7. The van der Waals surface area contributed by atoms with Crippen molar-refractivity contribution >= 4 is 11.1 Å². The molecule has 1 fully saturated rings. The number of benzene rings is 2. The molecule has 9 heteroatoms. The smallest absolute Gasteiger partial charge is 0.451 e. The van der Waals surface area contributed by atoms with Crippen LogP contribution in [-0.2, 0) is 12.6 Å². The highest BCUT2D eigenvalue weighted by Gasteiger charge is 2.34. The lowest BCUT2D eigenvalue weighted by Gasteiger charge is -2.18. The number of fused-ring (bicyclic) bond motifs is 1. The number of hydrogen-bond acceptors (Lipinski definition) is 5. The zero-order valence-electron chi connectivity index (χ0n) is 20.8. The average Bonchev–Trinajstić information content (AvgIpc) is 3.26. The van der Waals surface area contributed by atoms with E-state index in [0.717, 1.165) is 72.5 Å². The van der Waals surface area contributed by atoms with Gasteiger partial charge in [-0.1, -0.05) is 18.2 Å². The van der Waals surface area contributed by atoms with Crippen LogP contribution in [0.2, 0.25) is 0 Å². The Labute approximate surface area is 218 Å². The standard InChI is InChI=1S/C29H29F4N3O2/c30-12-2-13-36-14-11-24(18-36)38-23-8-5-19(6-9-23)27-25(21-16-34-28(35-17-21)29(31,32)33)4-1-3-20-15-22(37)7-10-26(20)27/h5-10,15-17,24,37H,1-4,11-14,18H2/t24-/m0/s1. The van der Waals surface area contributed by atoms with Gasteiger partial charge in [0.2, 0.25) is 5.82 Å². The van der Waals surface area contributed by atoms with Crippen LogP contribution in [0.15, 0.2) is 54.9 Å². The van der Waals surface area contributed by atoms with Gasteiger partial charge in [0.25, 0.3) is 0 Å². The summed E-state index contributed by atoms with van der Waals surface area (Å²) in [5.74, 6) is -0.269. The summed E-state index contributed by atoms with van der Waals surface area (Å²) in [7, 11) is 0. The predicted molar refractivity (Wildman–Crippen MR) is 137 cm³/mol. The van der Waals surface area contributed by atoms with E-state index in [0.29, 0.717) is 18.4 Å². The van der Waals surface area contributed by atoms with Gasteiger partial charge in [-0.25, -0.2) is 9.97 Å². The van der Waals surface area contributed by atoms with Crippen molar-refractivity contribution < 1.29 is 27.4 Å². The van der Waals surface area contributed by atoms with Gasteiger partial charge < -0.3 is 9.84 Å². The van der Waals surface area contributed by atoms with Crippen LogP contribution in [0.4, 0.5) is 17.6 Å². The Morgan fingerprint density at radius 2 is 1.76 bits per heavy atom. The number of ether oxygens (including phenoxy) is 1. The molecule has 1 atom stereocenters. The predicted octanol–water partition coefficient (Wildman–Crippen LogP) is 6.31. The molecule has 5 rings (SSSR count). The van der Waals surface area contributed by atoms with Crippen LogP contribution in [0.25, 0.3) is 11.1 Å². The molecule has 2 heterocycles. The summed E-state index contributed by atoms with van der Waals surface area (Å²) in [6.45, 7) is 2.07. The molecule has 1 aliphatic carbocycles. The maximum Gasteiger partial charge on any atom is 0.451 e. The molecule has 5 nitrogen and oxygen atoms in total. The van der Waals surface area contributed by atoms with Gasteiger partial charge in [0.1, 0.15) is 17.6 Å². The summed E-state index contributed by atoms with van der Waals surface area (Å²) in [5, 5.41) is 10.1. The third-order valence-electron chi connectivity index (χ3n) is 7.07. The average molecular weight is 528 g/mol. The molecule has 0 saturated carbocycles. The van der Waals surface area contributed by atoms with Crippen molar-refractivity contribution in [1.82, 2.24) is 14.9 Å². The third-order valence-corrected chi connectivity index (χ3v) is 7.07. The lowest BCUT2D eigenvalue weighted by molar-refractivity contribution is -0.145. The normalized spacial score (nSPS) is 18.4. The van der Waals surface area contributed by atoms with Crippen LogP contribution < -0.4 is 4.74 Å². The molecule has 0 amide bonds. The Bertz CT molecular complexity index is 1290. The Balaban J connectivity index is 1.47. The largest absolute Gasteiger partial charge is 0.508 e. The second-order valence-electron chi connectivity index (χ2n) is 9.74. The van der Waals surface area contributed by atoms with Crippen LogP contribution in [0, 0.1) is 0 Å². The number of aromatic hydroxyl groups is 1. The minimum Gasteiger partial charge on any atom is -0.508 e. The Kier molecular flexibility index (Phi) is 7.65. The number of halogens is 4. The summed E-state index contributed by atoms with van der Waals surface area (Å²) >= 11 is 0. The fourth-order valence-electron chi connectivity index (χ4n) is 5.30. The number of hydrogen-bond donors (Lipinski definition) is 1. The topological polar surface area (TPSA) is 58.5 Å². The molecule has 1 N–H and O–H groups in total. The molecule has 200 valence electrons. The SMILES string of the molecule is Oc1ccc2c(c1)CCCC(c1cnc(C(F)(F)F)nc1)=C2c1ccc(O[C@H]2CCN(CCCF)C2)cc1. The van der Waals surface area contributed by atoms with Gasteiger partial charge in [0.15, 0.2) is 0 Å². The van der Waals surface area contributed by atoms with Gasteiger partial charge in [-0.3, -0.25) is 9.29 Å². The molecular formula is C29H29F4N3O2. The van der Waals surface area contributed by atoms with Crippen LogP contribution in [0.5, 0.6) is 11.5 Å². The molecule has 38 heavy (non-hydrogen) atoms. The number of aryl methyl sites for hydroxylation is 1. The molecule has 1 aromatic heterocycles. The van der Waals surface area contributed by atoms with Gasteiger partial charge in [-0.05, 0) is 84.2 Å². The summed E-state index contributed by atoms with van der Waals surface area (Å²) in [4.78, 5) is 9.40. The Hall–Kier alpha value is -3.46. The van der Waals surface area contributed by atoms with Crippen molar-refractivity contribution in [2.75, 3.05) is 26.3 Å². The highest BCUT2D eigenvalue weighted by Crippen LogP contribution is 2.41. The van der Waals surface area contributed by atoms with Crippen molar-refractivity contribution in [2.45, 2.75) is 44.4 Å². The quantitative estimate of drug-likeness (QED) is 0.365. The van der Waals surface area contributed by atoms with Crippen LogP contribution >= 0.6 is 0 Å². The molecule has 0 bridgehead atoms. The van der Waals surface area contributed by atoms with E-state index in [1.54, 1.807) is 12.1 Å². The summed E-state index contributed by atoms with van der Waals surface area (Å²) in [6, 6.07) is 12.9. The van der Waals surface area contributed by atoms with Crippen LogP contribution in [-0.4, -0.2) is 52.4 Å². The first-order valence-electron chi connectivity index (χ1n) is 12.8. The summed E-state index contributed by atoms with van der Waals surface area (Å²) in [6.07, 6.45) is 1.43. The van der Waals surface area contributed by atoms with Gasteiger partial charge in [0.05, 0.1) is 6.67 Å². The van der Waals surface area contributed by atoms with E-state index in [1.165, 1.54) is 12.4 Å². The van der Waals surface area contributed by atoms with Gasteiger partial charge in [-0.2, -0.15) is 13.2 Å². The maximum atomic E-state index is 13.1. The molecule has 1 aliphatic heterocycles. The monoisotopic (exact) mass is 527 g/mol. The van der Waals surface area contributed by atoms with Crippen molar-refractivity contribution in [3.63, 3.8) is 0 Å². The molecule has 0 radical (unpaired) electrons. The zero-order valence-corrected chi connectivity index (χ0v) is 20.8. The lowest BCUT2D eigenvalue weighted by Crippen LogP contribution is -2.26. The highest BCUT2D eigenvalue weighted by molar-refractivity contribution is 5.99. The van der Waals surface area contributed by atoms with Crippen LogP contribution in [0.1, 0.15) is 53.8 Å². The Morgan fingerprint density at radius 3 is 2.47 bits per heavy atom. The molecule has 1 saturated heterocycles. The van der Waals surface area contributed by atoms with Crippen molar-refractivity contribution in [1.29, 1.82) is 0 Å². The lowest BCUT2D eigenvalue weighted by atomic mass is 9.88. The first-order chi connectivity index (χ1) is 18.3. The molecule has 2 aromatic carbocycles. The number of aromatic nitrogens is 2. The number of alkyl halides is 4. The third kappa shape index (κ3) is 5.83. The number of allylic oxidation sites excluding steroid dienone is 1. The summed E-state index contributed by atoms with van der Waals surface area (Å²) < 4.78 is 57.9. The van der Waals surface area contributed by atoms with Gasteiger partial charge in [-0.15, -0.1) is 0 Å². The zero-order chi connectivity index (χ0) is 26.7. The number of phenolic OH excluding ortho intramolecular Hbond substituents is 1. The van der Waals surface area contributed by atoms with Crippen molar-refractivity contribution in [3.05, 3.63) is 82.9 Å². The second-order valence-corrected chi connectivity index (χ2v) is 9.74. The van der Waals surface area contributed by atoms with Crippen LogP contribution in [0.3, 0.4) is 0 Å². The molecule has 0 unspecified atom stereocenters. The summed E-state index contributed by atoms with van der Waals surface area (Å²) in [5.41, 5.74) is 5.05. The van der Waals surface area contributed by atoms with Gasteiger partial charge >= 0.3 is 6.18 Å². The van der Waals surface area contributed by atoms with Crippen molar-refractivity contribution in [2.24, 2.45) is 0 Å². The van der Waals surface area contributed by atoms with Crippen molar-refractivity contribution in [3.8, 4) is 11.5 Å². The van der Waals surface area contributed by atoms with Gasteiger partial charge in [0, 0.05) is 37.6 Å². The minimum atomic E-state index is -4.61. The molecule has 0 spiro atoms. The second kappa shape index (κ2) is 11.1. The first kappa shape index (κ1) is 26.2. The fraction of sp³-hybridized carbons (Fsp3) is 0.379. The maximum absolute atomic E-state index is 13.1. The van der Waals surface area contributed by atoms with E-state index < -0.39 is 12.0 Å². The number of phenols is 1. The van der Waals surface area contributed by atoms with E-state index in [4.69, 9.17) is 4.74 Å². The van der Waals surface area contributed by atoms with E-state index in [9.17, 15) is 22.7 Å². The van der Waals surface area contributed by atoms with E-state index >= 15 is 0 Å². The Morgan fingerprint density at radius 1 is 1.00 bits per heavy atom. The molecule has 2 aliphatic rings. The molecule has 3 aromatic rings. The number of likely N-dealkylation sites (tertiary alicyclic amines) is 1. The van der Waals surface area contributed by atoms with E-state index in [2.05, 4.69) is 14.9 Å². The fourth-order valence-corrected chi connectivity index (χ4v) is 5.30.